The van der Waals surface area contributed by atoms with E-state index in [9.17, 15) is 0 Å². The molecular formula is C18H33N5O2. The summed E-state index contributed by atoms with van der Waals surface area (Å²) in [4.78, 5) is 7.09. The molecule has 0 aliphatic carbocycles. The normalized spacial score (nSPS) is 20.7. The quantitative estimate of drug-likeness (QED) is 0.578. The molecule has 1 fully saturated rings. The average Bonchev–Trinajstić information content (AvgIpc) is 3.07. The van der Waals surface area contributed by atoms with Crippen molar-refractivity contribution >= 4 is 5.96 Å². The van der Waals surface area contributed by atoms with Crippen LogP contribution in [-0.2, 0) is 11.3 Å². The van der Waals surface area contributed by atoms with E-state index in [2.05, 4.69) is 60.3 Å². The van der Waals surface area contributed by atoms with E-state index in [4.69, 9.17) is 9.26 Å². The number of hydrogen-bond acceptors (Lipinski definition) is 5. The van der Waals surface area contributed by atoms with Crippen LogP contribution in [0.25, 0.3) is 0 Å². The number of hydrogen-bond donors (Lipinski definition) is 2. The summed E-state index contributed by atoms with van der Waals surface area (Å²) in [5.41, 5.74) is 0.970. The third-order valence-electron chi connectivity index (χ3n) is 4.46. The zero-order valence-electron chi connectivity index (χ0n) is 16.2. The predicted molar refractivity (Wildman–Crippen MR) is 99.9 cm³/mol. The minimum atomic E-state index is 0.365. The molecule has 1 aliphatic heterocycles. The topological polar surface area (TPSA) is 74.9 Å². The standard InChI is InChI=1S/C18H33N5O2/c1-6-19-18(21-11-16-9-17(13(2)3)22-25-16)20-10-14(4)23-7-8-24-12-15(23)5/h9,13-15H,6-8,10-12H2,1-5H3,(H2,19,20,21). The van der Waals surface area contributed by atoms with Crippen LogP contribution in [0.1, 0.15) is 52.0 Å². The van der Waals surface area contributed by atoms with E-state index < -0.39 is 0 Å². The maximum absolute atomic E-state index is 5.52. The number of rotatable bonds is 7. The molecular weight excluding hydrogens is 318 g/mol. The van der Waals surface area contributed by atoms with Crippen molar-refractivity contribution in [1.82, 2.24) is 20.7 Å². The highest BCUT2D eigenvalue weighted by atomic mass is 16.5. The summed E-state index contributed by atoms with van der Waals surface area (Å²) in [5, 5.41) is 10.8. The van der Waals surface area contributed by atoms with Crippen LogP contribution in [0.15, 0.2) is 15.6 Å². The number of aliphatic imine (C=N–C) groups is 1. The van der Waals surface area contributed by atoms with E-state index in [1.165, 1.54) is 0 Å². The van der Waals surface area contributed by atoms with Gasteiger partial charge in [-0.1, -0.05) is 19.0 Å². The van der Waals surface area contributed by atoms with Crippen molar-refractivity contribution < 1.29 is 9.26 Å². The van der Waals surface area contributed by atoms with Crippen molar-refractivity contribution in [3.8, 4) is 0 Å². The number of nitrogens with one attached hydrogen (secondary N) is 2. The van der Waals surface area contributed by atoms with Crippen LogP contribution in [0.2, 0.25) is 0 Å². The van der Waals surface area contributed by atoms with E-state index in [-0.39, 0.29) is 0 Å². The molecule has 2 rings (SSSR count). The van der Waals surface area contributed by atoms with Gasteiger partial charge in [0.15, 0.2) is 11.7 Å². The van der Waals surface area contributed by atoms with Gasteiger partial charge in [-0.15, -0.1) is 0 Å². The summed E-state index contributed by atoms with van der Waals surface area (Å²) in [5.74, 6) is 1.96. The first-order valence-electron chi connectivity index (χ1n) is 9.32. The van der Waals surface area contributed by atoms with Crippen LogP contribution in [0.5, 0.6) is 0 Å². The van der Waals surface area contributed by atoms with E-state index >= 15 is 0 Å². The smallest absolute Gasteiger partial charge is 0.191 e. The Morgan fingerprint density at radius 2 is 2.20 bits per heavy atom. The minimum Gasteiger partial charge on any atom is -0.379 e. The third kappa shape index (κ3) is 6.01. The van der Waals surface area contributed by atoms with Crippen molar-refractivity contribution in [3.05, 3.63) is 17.5 Å². The lowest BCUT2D eigenvalue weighted by Crippen LogP contribution is -2.53. The van der Waals surface area contributed by atoms with Crippen molar-refractivity contribution in [2.24, 2.45) is 4.99 Å². The maximum Gasteiger partial charge on any atom is 0.191 e. The zero-order chi connectivity index (χ0) is 18.2. The first-order valence-corrected chi connectivity index (χ1v) is 9.32. The molecule has 0 aromatic carbocycles. The molecule has 1 aliphatic rings. The average molecular weight is 351 g/mol. The highest BCUT2D eigenvalue weighted by molar-refractivity contribution is 5.79. The molecule has 0 spiro atoms. The molecule has 1 saturated heterocycles. The Hall–Kier alpha value is -1.60. The second-order valence-electron chi connectivity index (χ2n) is 6.96. The second-order valence-corrected chi connectivity index (χ2v) is 6.96. The fourth-order valence-electron chi connectivity index (χ4n) is 2.93. The summed E-state index contributed by atoms with van der Waals surface area (Å²) >= 11 is 0. The molecule has 0 saturated carbocycles. The van der Waals surface area contributed by atoms with E-state index in [1.54, 1.807) is 0 Å². The Morgan fingerprint density at radius 1 is 1.40 bits per heavy atom. The van der Waals surface area contributed by atoms with Gasteiger partial charge in [0.2, 0.25) is 0 Å². The third-order valence-corrected chi connectivity index (χ3v) is 4.46. The largest absolute Gasteiger partial charge is 0.379 e. The number of aromatic nitrogens is 1. The van der Waals surface area contributed by atoms with E-state index in [0.717, 1.165) is 50.3 Å². The SMILES string of the molecule is CCNC(=NCc1cc(C(C)C)no1)NCC(C)N1CCOCC1C. The van der Waals surface area contributed by atoms with Gasteiger partial charge in [-0.25, -0.2) is 4.99 Å². The summed E-state index contributed by atoms with van der Waals surface area (Å²) < 4.78 is 10.9. The van der Waals surface area contributed by atoms with Gasteiger partial charge >= 0.3 is 0 Å². The first-order chi connectivity index (χ1) is 12.0. The molecule has 0 radical (unpaired) electrons. The molecule has 1 aromatic heterocycles. The molecule has 0 bridgehead atoms. The first kappa shape index (κ1) is 19.7. The van der Waals surface area contributed by atoms with Crippen molar-refractivity contribution in [3.63, 3.8) is 0 Å². The molecule has 2 heterocycles. The minimum absolute atomic E-state index is 0.365. The summed E-state index contributed by atoms with van der Waals surface area (Å²) in [6.07, 6.45) is 0. The molecule has 25 heavy (non-hydrogen) atoms. The lowest BCUT2D eigenvalue weighted by Gasteiger charge is -2.38. The van der Waals surface area contributed by atoms with Gasteiger partial charge < -0.3 is 19.9 Å². The highest BCUT2D eigenvalue weighted by Gasteiger charge is 2.23. The van der Waals surface area contributed by atoms with Gasteiger partial charge in [-0.2, -0.15) is 0 Å². The van der Waals surface area contributed by atoms with Crippen molar-refractivity contribution in [1.29, 1.82) is 0 Å². The molecule has 1 aromatic rings. The zero-order valence-corrected chi connectivity index (χ0v) is 16.2. The summed E-state index contributed by atoms with van der Waals surface area (Å²) in [6.45, 7) is 15.5. The number of morpholine rings is 1. The highest BCUT2D eigenvalue weighted by Crippen LogP contribution is 2.14. The fraction of sp³-hybridized carbons (Fsp3) is 0.778. The van der Waals surface area contributed by atoms with Gasteiger partial charge in [0.1, 0.15) is 6.54 Å². The molecule has 2 unspecified atom stereocenters. The predicted octanol–water partition coefficient (Wildman–Crippen LogP) is 1.96. The van der Waals surface area contributed by atoms with Gasteiger partial charge in [0, 0.05) is 37.8 Å². The van der Waals surface area contributed by atoms with Crippen molar-refractivity contribution in [2.45, 2.75) is 59.2 Å². The maximum atomic E-state index is 5.52. The van der Waals surface area contributed by atoms with Crippen LogP contribution in [0.3, 0.4) is 0 Å². The lowest BCUT2D eigenvalue weighted by atomic mass is 10.1. The number of guanidine groups is 1. The Kier molecular flexibility index (Phi) is 7.71. The molecule has 2 N–H and O–H groups in total. The molecule has 0 amide bonds. The Morgan fingerprint density at radius 3 is 2.84 bits per heavy atom. The number of nitrogens with zero attached hydrogens (tertiary/aromatic N) is 3. The molecule has 7 nitrogen and oxygen atoms in total. The van der Waals surface area contributed by atoms with Gasteiger partial charge in [0.25, 0.3) is 0 Å². The van der Waals surface area contributed by atoms with Gasteiger partial charge in [0.05, 0.1) is 18.9 Å². The molecule has 2 atom stereocenters. The molecule has 142 valence electrons. The Labute approximate surface area is 151 Å². The lowest BCUT2D eigenvalue weighted by molar-refractivity contribution is -0.0174. The van der Waals surface area contributed by atoms with E-state index in [0.29, 0.717) is 24.5 Å². The van der Waals surface area contributed by atoms with Crippen molar-refractivity contribution in [2.75, 3.05) is 32.8 Å². The molecule has 7 heteroatoms. The van der Waals surface area contributed by atoms with E-state index in [1.807, 2.05) is 6.07 Å². The van der Waals surface area contributed by atoms with Gasteiger partial charge in [-0.05, 0) is 26.7 Å². The fourth-order valence-corrected chi connectivity index (χ4v) is 2.93. The Bertz CT molecular complexity index is 543. The van der Waals surface area contributed by atoms with Crippen LogP contribution in [0, 0.1) is 0 Å². The monoisotopic (exact) mass is 351 g/mol. The number of ether oxygens (including phenoxy) is 1. The van der Waals surface area contributed by atoms with Crippen LogP contribution >= 0.6 is 0 Å². The van der Waals surface area contributed by atoms with Crippen LogP contribution in [0.4, 0.5) is 0 Å². The summed E-state index contributed by atoms with van der Waals surface area (Å²) in [7, 11) is 0. The van der Waals surface area contributed by atoms with Crippen LogP contribution in [-0.4, -0.2) is 60.9 Å². The Balaban J connectivity index is 1.88. The van der Waals surface area contributed by atoms with Gasteiger partial charge in [-0.3, -0.25) is 4.90 Å². The summed E-state index contributed by atoms with van der Waals surface area (Å²) in [6, 6.07) is 2.85. The van der Waals surface area contributed by atoms with Crippen LogP contribution < -0.4 is 10.6 Å². The second kappa shape index (κ2) is 9.77.